The summed E-state index contributed by atoms with van der Waals surface area (Å²) in [7, 11) is 0. The van der Waals surface area contributed by atoms with Gasteiger partial charge in [-0.15, -0.1) is 12.3 Å². The summed E-state index contributed by atoms with van der Waals surface area (Å²) in [5.41, 5.74) is -0.852. The van der Waals surface area contributed by atoms with Crippen molar-refractivity contribution in [2.24, 2.45) is 0 Å². The molecule has 74 valence electrons. The van der Waals surface area contributed by atoms with Gasteiger partial charge in [0.05, 0.1) is 11.7 Å². The van der Waals surface area contributed by atoms with E-state index in [9.17, 15) is 10.2 Å². The summed E-state index contributed by atoms with van der Waals surface area (Å²) >= 11 is 0. The summed E-state index contributed by atoms with van der Waals surface area (Å²) in [6.45, 7) is 0. The molecule has 1 aliphatic carbocycles. The molecule has 1 unspecified atom stereocenters. The molecule has 1 rings (SSSR count). The molecule has 0 aromatic heterocycles. The average Bonchev–Trinajstić information content (AvgIpc) is 2.15. The van der Waals surface area contributed by atoms with Crippen LogP contribution in [0.2, 0.25) is 0 Å². The Kier molecular flexibility index (Phi) is 3.77. The lowest BCUT2D eigenvalue weighted by Crippen LogP contribution is -2.43. The summed E-state index contributed by atoms with van der Waals surface area (Å²) in [4.78, 5) is 0. The molecule has 0 bridgehead atoms. The van der Waals surface area contributed by atoms with Crippen molar-refractivity contribution in [1.82, 2.24) is 0 Å². The highest BCUT2D eigenvalue weighted by Gasteiger charge is 2.35. The normalized spacial score (nSPS) is 23.5. The maximum Gasteiger partial charge on any atom is 0.0905 e. The van der Waals surface area contributed by atoms with E-state index in [0.717, 1.165) is 25.7 Å². The number of terminal acetylenes is 1. The fourth-order valence-corrected chi connectivity index (χ4v) is 1.99. The molecule has 0 aromatic rings. The van der Waals surface area contributed by atoms with Crippen LogP contribution in [0, 0.1) is 12.3 Å². The molecular formula is C11H18O2. The van der Waals surface area contributed by atoms with Crippen molar-refractivity contribution in [1.29, 1.82) is 0 Å². The molecule has 0 heterocycles. The van der Waals surface area contributed by atoms with Crippen molar-refractivity contribution in [3.8, 4) is 12.3 Å². The fourth-order valence-electron chi connectivity index (χ4n) is 1.99. The van der Waals surface area contributed by atoms with Gasteiger partial charge in [0, 0.05) is 6.42 Å². The lowest BCUT2D eigenvalue weighted by molar-refractivity contribution is -0.0988. The van der Waals surface area contributed by atoms with E-state index in [4.69, 9.17) is 6.42 Å². The quantitative estimate of drug-likeness (QED) is 0.649. The predicted molar refractivity (Wildman–Crippen MR) is 52.1 cm³/mol. The highest BCUT2D eigenvalue weighted by atomic mass is 16.3. The molecule has 0 amide bonds. The van der Waals surface area contributed by atoms with E-state index in [-0.39, 0.29) is 0 Å². The number of aliphatic hydroxyl groups excluding tert-OH is 1. The first-order chi connectivity index (χ1) is 6.19. The zero-order valence-corrected chi connectivity index (χ0v) is 8.00. The van der Waals surface area contributed by atoms with Gasteiger partial charge in [0.1, 0.15) is 0 Å². The highest BCUT2D eigenvalue weighted by Crippen LogP contribution is 2.32. The van der Waals surface area contributed by atoms with E-state index in [1.807, 2.05) is 0 Å². The predicted octanol–water partition coefficient (Wildman–Crippen LogP) is 1.46. The number of rotatable bonds is 3. The van der Waals surface area contributed by atoms with Crippen molar-refractivity contribution in [2.75, 3.05) is 0 Å². The third kappa shape index (κ3) is 2.72. The SMILES string of the molecule is C#CCCC(O)C1(O)CCCCC1. The van der Waals surface area contributed by atoms with Crippen LogP contribution >= 0.6 is 0 Å². The summed E-state index contributed by atoms with van der Waals surface area (Å²) < 4.78 is 0. The molecule has 1 fully saturated rings. The molecule has 2 N–H and O–H groups in total. The summed E-state index contributed by atoms with van der Waals surface area (Å²) in [5, 5.41) is 19.8. The first-order valence-electron chi connectivity index (χ1n) is 5.03. The third-order valence-electron chi connectivity index (χ3n) is 2.90. The van der Waals surface area contributed by atoms with Crippen LogP contribution in [0.25, 0.3) is 0 Å². The van der Waals surface area contributed by atoms with E-state index in [1.165, 1.54) is 6.42 Å². The minimum absolute atomic E-state index is 0.521. The van der Waals surface area contributed by atoms with Gasteiger partial charge >= 0.3 is 0 Å². The topological polar surface area (TPSA) is 40.5 Å². The van der Waals surface area contributed by atoms with Crippen LogP contribution in [0.3, 0.4) is 0 Å². The summed E-state index contributed by atoms with van der Waals surface area (Å²) in [6.07, 6.45) is 10.2. The van der Waals surface area contributed by atoms with Gasteiger partial charge in [-0.3, -0.25) is 0 Å². The Morgan fingerprint density at radius 2 is 1.92 bits per heavy atom. The van der Waals surface area contributed by atoms with E-state index >= 15 is 0 Å². The molecule has 0 spiro atoms. The average molecular weight is 182 g/mol. The largest absolute Gasteiger partial charge is 0.390 e. The van der Waals surface area contributed by atoms with E-state index < -0.39 is 11.7 Å². The molecular weight excluding hydrogens is 164 g/mol. The van der Waals surface area contributed by atoms with E-state index in [2.05, 4.69) is 5.92 Å². The lowest BCUT2D eigenvalue weighted by Gasteiger charge is -2.36. The molecule has 1 atom stereocenters. The van der Waals surface area contributed by atoms with Gasteiger partial charge in [0.15, 0.2) is 0 Å². The van der Waals surface area contributed by atoms with Crippen LogP contribution in [0.15, 0.2) is 0 Å². The van der Waals surface area contributed by atoms with E-state index in [1.54, 1.807) is 0 Å². The lowest BCUT2D eigenvalue weighted by atomic mass is 9.79. The van der Waals surface area contributed by atoms with Crippen LogP contribution in [0.4, 0.5) is 0 Å². The van der Waals surface area contributed by atoms with Crippen LogP contribution in [0.1, 0.15) is 44.9 Å². The zero-order chi connectivity index (χ0) is 9.73. The zero-order valence-electron chi connectivity index (χ0n) is 8.00. The maximum absolute atomic E-state index is 10.0. The Bertz CT molecular complexity index is 187. The number of hydrogen-bond acceptors (Lipinski definition) is 2. The van der Waals surface area contributed by atoms with Gasteiger partial charge in [0.25, 0.3) is 0 Å². The van der Waals surface area contributed by atoms with Crippen molar-refractivity contribution in [2.45, 2.75) is 56.7 Å². The van der Waals surface area contributed by atoms with Gasteiger partial charge in [-0.05, 0) is 19.3 Å². The standard InChI is InChI=1S/C11H18O2/c1-2-3-7-10(12)11(13)8-5-4-6-9-11/h1,10,12-13H,3-9H2. The Morgan fingerprint density at radius 3 is 2.46 bits per heavy atom. The van der Waals surface area contributed by atoms with Crippen LogP contribution in [-0.4, -0.2) is 21.9 Å². The van der Waals surface area contributed by atoms with Gasteiger partial charge in [-0.2, -0.15) is 0 Å². The minimum Gasteiger partial charge on any atom is -0.390 e. The molecule has 1 saturated carbocycles. The second kappa shape index (κ2) is 4.64. The fraction of sp³-hybridized carbons (Fsp3) is 0.818. The van der Waals surface area contributed by atoms with Gasteiger partial charge in [-0.25, -0.2) is 0 Å². The minimum atomic E-state index is -0.852. The second-order valence-electron chi connectivity index (χ2n) is 3.92. The summed E-state index contributed by atoms with van der Waals surface area (Å²) in [5.74, 6) is 2.48. The van der Waals surface area contributed by atoms with Crippen molar-refractivity contribution in [3.05, 3.63) is 0 Å². The summed E-state index contributed by atoms with van der Waals surface area (Å²) in [6, 6.07) is 0. The van der Waals surface area contributed by atoms with Crippen LogP contribution in [0.5, 0.6) is 0 Å². The maximum atomic E-state index is 10.0. The van der Waals surface area contributed by atoms with Gasteiger partial charge in [0.2, 0.25) is 0 Å². The van der Waals surface area contributed by atoms with Crippen molar-refractivity contribution >= 4 is 0 Å². The molecule has 0 aromatic carbocycles. The molecule has 13 heavy (non-hydrogen) atoms. The first kappa shape index (κ1) is 10.6. The highest BCUT2D eigenvalue weighted by molar-refractivity contribution is 4.92. The molecule has 0 saturated heterocycles. The molecule has 2 heteroatoms. The second-order valence-corrected chi connectivity index (χ2v) is 3.92. The number of aliphatic hydroxyl groups is 2. The van der Waals surface area contributed by atoms with Crippen LogP contribution in [-0.2, 0) is 0 Å². The van der Waals surface area contributed by atoms with E-state index in [0.29, 0.717) is 12.8 Å². The Labute approximate surface area is 80.0 Å². The van der Waals surface area contributed by atoms with Gasteiger partial charge < -0.3 is 10.2 Å². The van der Waals surface area contributed by atoms with Crippen LogP contribution < -0.4 is 0 Å². The molecule has 1 aliphatic rings. The molecule has 0 aliphatic heterocycles. The Hall–Kier alpha value is -0.520. The number of hydrogen-bond donors (Lipinski definition) is 2. The van der Waals surface area contributed by atoms with Crippen molar-refractivity contribution in [3.63, 3.8) is 0 Å². The Morgan fingerprint density at radius 1 is 1.31 bits per heavy atom. The molecule has 2 nitrogen and oxygen atoms in total. The first-order valence-corrected chi connectivity index (χ1v) is 5.03. The molecule has 0 radical (unpaired) electrons. The smallest absolute Gasteiger partial charge is 0.0905 e. The van der Waals surface area contributed by atoms with Gasteiger partial charge in [-0.1, -0.05) is 19.3 Å². The third-order valence-corrected chi connectivity index (χ3v) is 2.90. The van der Waals surface area contributed by atoms with Crippen molar-refractivity contribution < 1.29 is 10.2 Å². The Balaban J connectivity index is 2.42. The monoisotopic (exact) mass is 182 g/mol.